The largest absolute Gasteiger partial charge is 0.507 e. The second kappa shape index (κ2) is 6.65. The first-order chi connectivity index (χ1) is 12.0. The van der Waals surface area contributed by atoms with E-state index in [1.54, 1.807) is 30.3 Å². The summed E-state index contributed by atoms with van der Waals surface area (Å²) < 4.78 is 19.1. The van der Waals surface area contributed by atoms with Gasteiger partial charge in [-0.2, -0.15) is 0 Å². The number of halogens is 1. The second-order valence-electron chi connectivity index (χ2n) is 5.40. The lowest BCUT2D eigenvalue weighted by molar-refractivity contribution is 0.100. The second-order valence-corrected chi connectivity index (χ2v) is 5.40. The van der Waals surface area contributed by atoms with Crippen LogP contribution in [-0.2, 0) is 0 Å². The third-order valence-electron chi connectivity index (χ3n) is 3.86. The molecule has 5 heteroatoms. The van der Waals surface area contributed by atoms with E-state index in [2.05, 4.69) is 6.07 Å². The average Bonchev–Trinajstić information content (AvgIpc) is 2.61. The summed E-state index contributed by atoms with van der Waals surface area (Å²) in [6.07, 6.45) is 0. The van der Waals surface area contributed by atoms with Gasteiger partial charge in [0, 0.05) is 22.8 Å². The van der Waals surface area contributed by atoms with Crippen molar-refractivity contribution in [2.75, 3.05) is 7.11 Å². The molecule has 0 fully saturated rings. The molecule has 0 aliphatic rings. The maximum Gasteiger partial charge on any atom is 0.248 e. The molecule has 0 aliphatic carbocycles. The SMILES string of the molecule is COc1ccc(F)cc1-c1cc[c]c(O)c1-c1cccc(C(N)=O)c1. The topological polar surface area (TPSA) is 72.6 Å². The molecule has 0 aromatic heterocycles. The Morgan fingerprint density at radius 1 is 1.16 bits per heavy atom. The normalized spacial score (nSPS) is 10.5. The Labute approximate surface area is 144 Å². The highest BCUT2D eigenvalue weighted by Crippen LogP contribution is 2.42. The molecule has 3 aromatic rings. The van der Waals surface area contributed by atoms with Crippen molar-refractivity contribution in [1.82, 2.24) is 0 Å². The number of phenolic OH excluding ortho intramolecular Hbond substituents is 1. The zero-order valence-electron chi connectivity index (χ0n) is 13.4. The van der Waals surface area contributed by atoms with E-state index in [9.17, 15) is 14.3 Å². The highest BCUT2D eigenvalue weighted by Gasteiger charge is 2.17. The van der Waals surface area contributed by atoms with Gasteiger partial charge in [-0.15, -0.1) is 0 Å². The summed E-state index contributed by atoms with van der Waals surface area (Å²) in [5.41, 5.74) is 7.64. The number of ether oxygens (including phenoxy) is 1. The smallest absolute Gasteiger partial charge is 0.248 e. The Morgan fingerprint density at radius 2 is 1.96 bits per heavy atom. The Morgan fingerprint density at radius 3 is 2.68 bits per heavy atom. The van der Waals surface area contributed by atoms with Gasteiger partial charge in [0.2, 0.25) is 5.91 Å². The third kappa shape index (κ3) is 3.17. The molecule has 0 atom stereocenters. The van der Waals surface area contributed by atoms with Gasteiger partial charge in [0.05, 0.1) is 7.11 Å². The van der Waals surface area contributed by atoms with E-state index in [1.165, 1.54) is 31.4 Å². The van der Waals surface area contributed by atoms with Crippen LogP contribution in [0.15, 0.2) is 54.6 Å². The minimum Gasteiger partial charge on any atom is -0.507 e. The summed E-state index contributed by atoms with van der Waals surface area (Å²) in [5, 5.41) is 10.4. The molecule has 3 rings (SSSR count). The molecule has 0 saturated carbocycles. The van der Waals surface area contributed by atoms with Crippen molar-refractivity contribution in [1.29, 1.82) is 0 Å². The lowest BCUT2D eigenvalue weighted by Crippen LogP contribution is -2.10. The van der Waals surface area contributed by atoms with Crippen LogP contribution in [0.1, 0.15) is 10.4 Å². The molecule has 0 saturated heterocycles. The number of rotatable bonds is 4. The van der Waals surface area contributed by atoms with Crippen LogP contribution < -0.4 is 10.5 Å². The summed E-state index contributed by atoms with van der Waals surface area (Å²) >= 11 is 0. The predicted molar refractivity (Wildman–Crippen MR) is 92.8 cm³/mol. The van der Waals surface area contributed by atoms with Crippen LogP contribution in [0.3, 0.4) is 0 Å². The minimum atomic E-state index is -0.578. The molecule has 0 bridgehead atoms. The van der Waals surface area contributed by atoms with Crippen molar-refractivity contribution in [2.24, 2.45) is 5.73 Å². The first-order valence-electron chi connectivity index (χ1n) is 7.49. The Balaban J connectivity index is 2.28. The molecule has 0 spiro atoms. The fourth-order valence-electron chi connectivity index (χ4n) is 2.72. The fraction of sp³-hybridized carbons (Fsp3) is 0.0500. The Kier molecular flexibility index (Phi) is 4.39. The molecule has 1 radical (unpaired) electrons. The Hall–Kier alpha value is -3.34. The van der Waals surface area contributed by atoms with E-state index in [0.717, 1.165) is 0 Å². The molecule has 4 nitrogen and oxygen atoms in total. The van der Waals surface area contributed by atoms with E-state index < -0.39 is 11.7 Å². The number of primary amides is 1. The van der Waals surface area contributed by atoms with Crippen LogP contribution in [0.5, 0.6) is 11.5 Å². The standard InChI is InChI=1S/C20H15FNO3/c1-25-18-9-8-14(21)11-16(18)15-6-3-7-17(23)19(15)12-4-2-5-13(10-12)20(22)24/h2-6,8-11,23H,1H3,(H2,22,24). The molecule has 1 amide bonds. The van der Waals surface area contributed by atoms with E-state index in [-0.39, 0.29) is 5.75 Å². The monoisotopic (exact) mass is 336 g/mol. The van der Waals surface area contributed by atoms with Gasteiger partial charge >= 0.3 is 0 Å². The van der Waals surface area contributed by atoms with E-state index in [0.29, 0.717) is 33.6 Å². The average molecular weight is 336 g/mol. The van der Waals surface area contributed by atoms with Gasteiger partial charge in [0.25, 0.3) is 0 Å². The number of phenols is 1. The van der Waals surface area contributed by atoms with E-state index in [1.807, 2.05) is 0 Å². The molecule has 3 aromatic carbocycles. The maximum atomic E-state index is 13.8. The number of methoxy groups -OCH3 is 1. The van der Waals surface area contributed by atoms with Crippen LogP contribution in [0.4, 0.5) is 4.39 Å². The van der Waals surface area contributed by atoms with E-state index in [4.69, 9.17) is 10.5 Å². The Bertz CT molecular complexity index is 953. The highest BCUT2D eigenvalue weighted by atomic mass is 19.1. The molecule has 3 N–H and O–H groups in total. The van der Waals surface area contributed by atoms with Crippen molar-refractivity contribution >= 4 is 5.91 Å². The molecular formula is C20H15FNO3. The fourth-order valence-corrected chi connectivity index (χ4v) is 2.72. The van der Waals surface area contributed by atoms with Crippen LogP contribution in [0.2, 0.25) is 0 Å². The van der Waals surface area contributed by atoms with Crippen molar-refractivity contribution in [3.8, 4) is 33.8 Å². The zero-order valence-corrected chi connectivity index (χ0v) is 13.4. The molecule has 25 heavy (non-hydrogen) atoms. The first-order valence-corrected chi connectivity index (χ1v) is 7.49. The molecule has 125 valence electrons. The number of aromatic hydroxyl groups is 1. The number of benzene rings is 3. The zero-order chi connectivity index (χ0) is 18.0. The number of hydrogen-bond donors (Lipinski definition) is 2. The van der Waals surface area contributed by atoms with Crippen LogP contribution in [-0.4, -0.2) is 18.1 Å². The third-order valence-corrected chi connectivity index (χ3v) is 3.86. The number of carbonyl (C=O) groups is 1. The minimum absolute atomic E-state index is 0.120. The highest BCUT2D eigenvalue weighted by molar-refractivity contribution is 5.96. The van der Waals surface area contributed by atoms with Gasteiger partial charge in [-0.05, 0) is 47.5 Å². The van der Waals surface area contributed by atoms with Crippen LogP contribution >= 0.6 is 0 Å². The molecule has 0 heterocycles. The summed E-state index contributed by atoms with van der Waals surface area (Å²) in [7, 11) is 1.49. The number of amides is 1. The summed E-state index contributed by atoms with van der Waals surface area (Å²) in [6, 6.07) is 16.6. The molecule has 0 aliphatic heterocycles. The molecule has 0 unspecified atom stereocenters. The summed E-state index contributed by atoms with van der Waals surface area (Å²) in [4.78, 5) is 11.5. The summed E-state index contributed by atoms with van der Waals surface area (Å²) in [6.45, 7) is 0. The van der Waals surface area contributed by atoms with Crippen molar-refractivity contribution < 1.29 is 19.0 Å². The van der Waals surface area contributed by atoms with Gasteiger partial charge in [0.1, 0.15) is 17.3 Å². The molecular weight excluding hydrogens is 321 g/mol. The maximum absolute atomic E-state index is 13.8. The lowest BCUT2D eigenvalue weighted by Gasteiger charge is -2.15. The van der Waals surface area contributed by atoms with Gasteiger partial charge in [-0.3, -0.25) is 4.79 Å². The van der Waals surface area contributed by atoms with Gasteiger partial charge in [0.15, 0.2) is 0 Å². The summed E-state index contributed by atoms with van der Waals surface area (Å²) in [5.74, 6) is -0.671. The lowest BCUT2D eigenvalue weighted by atomic mass is 9.92. The number of hydrogen-bond acceptors (Lipinski definition) is 3. The van der Waals surface area contributed by atoms with Crippen LogP contribution in [0, 0.1) is 11.9 Å². The van der Waals surface area contributed by atoms with E-state index >= 15 is 0 Å². The van der Waals surface area contributed by atoms with Gasteiger partial charge in [-0.25, -0.2) is 4.39 Å². The van der Waals surface area contributed by atoms with Crippen molar-refractivity contribution in [3.05, 3.63) is 72.0 Å². The van der Waals surface area contributed by atoms with Crippen molar-refractivity contribution in [3.63, 3.8) is 0 Å². The quantitative estimate of drug-likeness (QED) is 0.762. The number of carbonyl (C=O) groups excluding carboxylic acids is 1. The van der Waals surface area contributed by atoms with Gasteiger partial charge < -0.3 is 15.6 Å². The van der Waals surface area contributed by atoms with Crippen molar-refractivity contribution in [2.45, 2.75) is 0 Å². The first kappa shape index (κ1) is 16.5. The number of nitrogens with two attached hydrogens (primary N) is 1. The predicted octanol–water partition coefficient (Wildman–Crippen LogP) is 3.77. The van der Waals surface area contributed by atoms with Crippen LogP contribution in [0.25, 0.3) is 22.3 Å². The van der Waals surface area contributed by atoms with Gasteiger partial charge in [-0.1, -0.05) is 18.2 Å².